The summed E-state index contributed by atoms with van der Waals surface area (Å²) in [6.45, 7) is 4.87. The Hall–Kier alpha value is -0.670. The van der Waals surface area contributed by atoms with Gasteiger partial charge in [-0.05, 0) is 38.3 Å². The molecule has 0 saturated carbocycles. The number of aryl methyl sites for hydroxylation is 2. The Morgan fingerprint density at radius 3 is 2.93 bits per heavy atom. The number of carbonyl (C=O) groups is 1. The molecule has 3 heteroatoms. The first-order valence-electron chi connectivity index (χ1n) is 5.38. The molecular formula is C12H16O2S. The van der Waals surface area contributed by atoms with Crippen LogP contribution in [0.2, 0.25) is 0 Å². The summed E-state index contributed by atoms with van der Waals surface area (Å²) in [5, 5.41) is 0. The third-order valence-corrected chi connectivity index (χ3v) is 3.92. The molecule has 82 valence electrons. The summed E-state index contributed by atoms with van der Waals surface area (Å²) in [4.78, 5) is 14.1. The average molecular weight is 224 g/mol. The third-order valence-electron chi connectivity index (χ3n) is 2.73. The van der Waals surface area contributed by atoms with E-state index in [1.807, 2.05) is 13.8 Å². The summed E-state index contributed by atoms with van der Waals surface area (Å²) in [6.07, 6.45) is 2.86. The van der Waals surface area contributed by atoms with Crippen LogP contribution < -0.4 is 0 Å². The predicted octanol–water partition coefficient (Wildman–Crippen LogP) is 3.12. The van der Waals surface area contributed by atoms with Crippen molar-refractivity contribution in [2.75, 3.05) is 6.61 Å². The first-order valence-corrected chi connectivity index (χ1v) is 6.20. The van der Waals surface area contributed by atoms with Crippen LogP contribution in [-0.2, 0) is 4.74 Å². The topological polar surface area (TPSA) is 26.3 Å². The summed E-state index contributed by atoms with van der Waals surface area (Å²) in [6, 6.07) is 2.08. The van der Waals surface area contributed by atoms with Crippen LogP contribution >= 0.6 is 11.3 Å². The molecule has 1 unspecified atom stereocenters. The molecule has 2 nitrogen and oxygen atoms in total. The minimum absolute atomic E-state index is 0.166. The smallest absolute Gasteiger partial charge is 0.175 e. The minimum Gasteiger partial charge on any atom is -0.378 e. The number of ketones is 1. The van der Waals surface area contributed by atoms with Crippen molar-refractivity contribution in [2.45, 2.75) is 39.2 Å². The second-order valence-electron chi connectivity index (χ2n) is 4.13. The number of hydrogen-bond acceptors (Lipinski definition) is 3. The molecule has 1 atom stereocenters. The van der Waals surface area contributed by atoms with Gasteiger partial charge in [0.1, 0.15) is 0 Å². The molecule has 0 N–H and O–H groups in total. The maximum absolute atomic E-state index is 12.0. The zero-order chi connectivity index (χ0) is 10.8. The van der Waals surface area contributed by atoms with Crippen LogP contribution in [0.4, 0.5) is 0 Å². The van der Waals surface area contributed by atoms with Crippen molar-refractivity contribution in [1.29, 1.82) is 0 Å². The molecule has 1 saturated heterocycles. The number of carbonyl (C=O) groups excluding carboxylic acids is 1. The minimum atomic E-state index is 0.166. The van der Waals surface area contributed by atoms with Crippen LogP contribution in [0.3, 0.4) is 0 Å². The second kappa shape index (κ2) is 4.45. The highest BCUT2D eigenvalue weighted by molar-refractivity contribution is 7.14. The van der Waals surface area contributed by atoms with Crippen molar-refractivity contribution in [3.05, 3.63) is 21.4 Å². The first-order chi connectivity index (χ1) is 7.16. The molecule has 0 aromatic carbocycles. The molecule has 0 radical (unpaired) electrons. The number of rotatable bonds is 3. The molecule has 1 aromatic heterocycles. The number of hydrogen-bond donors (Lipinski definition) is 0. The highest BCUT2D eigenvalue weighted by Crippen LogP contribution is 2.25. The molecular weight excluding hydrogens is 208 g/mol. The lowest BCUT2D eigenvalue weighted by Gasteiger charge is -2.07. The van der Waals surface area contributed by atoms with Crippen LogP contribution in [0.1, 0.15) is 39.4 Å². The summed E-state index contributed by atoms with van der Waals surface area (Å²) in [5.41, 5.74) is 1.11. The van der Waals surface area contributed by atoms with E-state index >= 15 is 0 Å². The van der Waals surface area contributed by atoms with E-state index in [4.69, 9.17) is 4.74 Å². The van der Waals surface area contributed by atoms with E-state index in [1.165, 1.54) is 4.88 Å². The molecule has 15 heavy (non-hydrogen) atoms. The Morgan fingerprint density at radius 1 is 1.60 bits per heavy atom. The van der Waals surface area contributed by atoms with E-state index in [1.54, 1.807) is 11.3 Å². The van der Waals surface area contributed by atoms with E-state index in [2.05, 4.69) is 6.07 Å². The molecule has 1 aromatic rings. The maximum Gasteiger partial charge on any atom is 0.175 e. The lowest BCUT2D eigenvalue weighted by atomic mass is 10.1. The van der Waals surface area contributed by atoms with E-state index < -0.39 is 0 Å². The molecule has 0 aliphatic carbocycles. The van der Waals surface area contributed by atoms with Gasteiger partial charge in [0.2, 0.25) is 0 Å². The van der Waals surface area contributed by atoms with E-state index in [0.717, 1.165) is 29.9 Å². The van der Waals surface area contributed by atoms with Crippen LogP contribution in [-0.4, -0.2) is 18.5 Å². The summed E-state index contributed by atoms with van der Waals surface area (Å²) >= 11 is 1.60. The maximum atomic E-state index is 12.0. The monoisotopic (exact) mass is 224 g/mol. The highest BCUT2D eigenvalue weighted by Gasteiger charge is 2.21. The summed E-state index contributed by atoms with van der Waals surface area (Å²) < 4.78 is 5.48. The van der Waals surface area contributed by atoms with Crippen molar-refractivity contribution in [3.8, 4) is 0 Å². The fourth-order valence-electron chi connectivity index (χ4n) is 2.02. The van der Waals surface area contributed by atoms with Gasteiger partial charge in [0, 0.05) is 17.9 Å². The van der Waals surface area contributed by atoms with Gasteiger partial charge in [0.15, 0.2) is 5.78 Å². The van der Waals surface area contributed by atoms with Gasteiger partial charge in [-0.3, -0.25) is 4.79 Å². The Labute approximate surface area is 94.3 Å². The molecule has 0 spiro atoms. The van der Waals surface area contributed by atoms with Crippen molar-refractivity contribution >= 4 is 17.1 Å². The molecule has 2 rings (SSSR count). The standard InChI is InChI=1S/C12H16O2S/c1-8-6-9(2)15-12(8)11(13)7-10-4-3-5-14-10/h6,10H,3-5,7H2,1-2H3. The molecule has 0 amide bonds. The van der Waals surface area contributed by atoms with Crippen molar-refractivity contribution in [2.24, 2.45) is 0 Å². The van der Waals surface area contributed by atoms with Crippen molar-refractivity contribution < 1.29 is 9.53 Å². The van der Waals surface area contributed by atoms with Gasteiger partial charge in [-0.1, -0.05) is 0 Å². The Balaban J connectivity index is 2.03. The van der Waals surface area contributed by atoms with Gasteiger partial charge in [-0.2, -0.15) is 0 Å². The van der Waals surface area contributed by atoms with E-state index in [-0.39, 0.29) is 11.9 Å². The van der Waals surface area contributed by atoms with Crippen LogP contribution in [0.15, 0.2) is 6.07 Å². The lowest BCUT2D eigenvalue weighted by molar-refractivity contribution is 0.0778. The largest absolute Gasteiger partial charge is 0.378 e. The molecule has 0 bridgehead atoms. The van der Waals surface area contributed by atoms with Crippen LogP contribution in [0.25, 0.3) is 0 Å². The fourth-order valence-corrected chi connectivity index (χ4v) is 3.00. The van der Waals surface area contributed by atoms with Gasteiger partial charge in [-0.25, -0.2) is 0 Å². The second-order valence-corrected chi connectivity index (χ2v) is 5.39. The number of Topliss-reactive ketones (excluding diaryl/α,β-unsaturated/α-hetero) is 1. The van der Waals surface area contributed by atoms with Gasteiger partial charge < -0.3 is 4.74 Å². The predicted molar refractivity (Wildman–Crippen MR) is 61.7 cm³/mol. The molecule has 1 aliphatic rings. The summed E-state index contributed by atoms with van der Waals surface area (Å²) in [5.74, 6) is 0.248. The van der Waals surface area contributed by atoms with Gasteiger partial charge in [-0.15, -0.1) is 11.3 Å². The Morgan fingerprint density at radius 2 is 2.40 bits per heavy atom. The molecule has 2 heterocycles. The van der Waals surface area contributed by atoms with Crippen LogP contribution in [0, 0.1) is 13.8 Å². The Kier molecular flexibility index (Phi) is 3.22. The fraction of sp³-hybridized carbons (Fsp3) is 0.583. The highest BCUT2D eigenvalue weighted by atomic mass is 32.1. The zero-order valence-electron chi connectivity index (χ0n) is 9.21. The SMILES string of the molecule is Cc1cc(C)c(C(=O)CC2CCCO2)s1. The van der Waals surface area contributed by atoms with Crippen LogP contribution in [0.5, 0.6) is 0 Å². The number of ether oxygens (including phenoxy) is 1. The third kappa shape index (κ3) is 2.47. The quantitative estimate of drug-likeness (QED) is 0.737. The van der Waals surface area contributed by atoms with Gasteiger partial charge in [0.25, 0.3) is 0 Å². The van der Waals surface area contributed by atoms with E-state index in [9.17, 15) is 4.79 Å². The van der Waals surface area contributed by atoms with Gasteiger partial charge in [0.05, 0.1) is 11.0 Å². The Bertz CT molecular complexity index is 362. The van der Waals surface area contributed by atoms with Crippen molar-refractivity contribution in [1.82, 2.24) is 0 Å². The number of thiophene rings is 1. The molecule has 1 aliphatic heterocycles. The van der Waals surface area contributed by atoms with E-state index in [0.29, 0.717) is 6.42 Å². The lowest BCUT2D eigenvalue weighted by Crippen LogP contribution is -2.12. The summed E-state index contributed by atoms with van der Waals surface area (Å²) in [7, 11) is 0. The normalized spacial score (nSPS) is 20.8. The van der Waals surface area contributed by atoms with Gasteiger partial charge >= 0.3 is 0 Å². The average Bonchev–Trinajstić information content (AvgIpc) is 2.75. The molecule has 1 fully saturated rings. The van der Waals surface area contributed by atoms with Crippen molar-refractivity contribution in [3.63, 3.8) is 0 Å². The first kappa shape index (κ1) is 10.8. The zero-order valence-corrected chi connectivity index (χ0v) is 10.0.